The van der Waals surface area contributed by atoms with E-state index < -0.39 is 28.2 Å². The number of nitrogens with one attached hydrogen (secondary N) is 1. The van der Waals surface area contributed by atoms with Crippen LogP contribution in [0.25, 0.3) is 0 Å². The molecular weight excluding hydrogens is 306 g/mol. The van der Waals surface area contributed by atoms with E-state index in [1.54, 1.807) is 0 Å². The van der Waals surface area contributed by atoms with Crippen molar-refractivity contribution in [2.75, 3.05) is 5.32 Å². The first-order valence-electron chi connectivity index (χ1n) is 5.59. The average Bonchev–Trinajstić information content (AvgIpc) is 2.43. The number of hydrogen-bond acceptors (Lipinski definition) is 3. The number of anilines is 1. The molecule has 1 N–H and O–H groups in total. The smallest absolute Gasteiger partial charge is 0.288 e. The van der Waals surface area contributed by atoms with Gasteiger partial charge in [0.2, 0.25) is 0 Å². The van der Waals surface area contributed by atoms with Crippen molar-refractivity contribution in [2.45, 2.75) is 0 Å². The molecule has 0 saturated heterocycles. The van der Waals surface area contributed by atoms with Crippen molar-refractivity contribution < 1.29 is 18.5 Å². The van der Waals surface area contributed by atoms with Crippen molar-refractivity contribution in [3.8, 4) is 0 Å². The summed E-state index contributed by atoms with van der Waals surface area (Å²) in [6.45, 7) is 0. The summed E-state index contributed by atoms with van der Waals surface area (Å²) in [5.41, 5.74) is -0.429. The zero-order valence-corrected chi connectivity index (χ0v) is 11.0. The van der Waals surface area contributed by atoms with E-state index in [2.05, 4.69) is 5.32 Å². The molecular formula is C13H7ClF2N2O3. The van der Waals surface area contributed by atoms with E-state index in [-0.39, 0.29) is 16.3 Å². The second kappa shape index (κ2) is 5.84. The molecule has 8 heteroatoms. The zero-order valence-electron chi connectivity index (χ0n) is 10.3. The van der Waals surface area contributed by atoms with Crippen LogP contribution in [0.3, 0.4) is 0 Å². The molecule has 0 aliphatic carbocycles. The maximum Gasteiger partial charge on any atom is 0.288 e. The molecule has 5 nitrogen and oxygen atoms in total. The van der Waals surface area contributed by atoms with Crippen LogP contribution in [-0.2, 0) is 0 Å². The van der Waals surface area contributed by atoms with Crippen LogP contribution in [0, 0.1) is 21.7 Å². The summed E-state index contributed by atoms with van der Waals surface area (Å²) in [4.78, 5) is 21.9. The molecule has 0 unspecified atom stereocenters. The van der Waals surface area contributed by atoms with E-state index in [0.29, 0.717) is 0 Å². The number of carbonyl (C=O) groups is 1. The lowest BCUT2D eigenvalue weighted by atomic mass is 10.2. The van der Waals surface area contributed by atoms with Gasteiger partial charge in [-0.15, -0.1) is 0 Å². The summed E-state index contributed by atoms with van der Waals surface area (Å²) in [7, 11) is 0. The van der Waals surface area contributed by atoms with Gasteiger partial charge < -0.3 is 5.32 Å². The van der Waals surface area contributed by atoms with Crippen molar-refractivity contribution >= 4 is 28.9 Å². The number of benzene rings is 2. The summed E-state index contributed by atoms with van der Waals surface area (Å²) < 4.78 is 25.8. The predicted molar refractivity (Wildman–Crippen MR) is 72.4 cm³/mol. The molecule has 0 atom stereocenters. The Morgan fingerprint density at radius 1 is 1.14 bits per heavy atom. The van der Waals surface area contributed by atoms with Crippen LogP contribution in [0.2, 0.25) is 5.02 Å². The minimum atomic E-state index is -1.12. The van der Waals surface area contributed by atoms with E-state index in [0.717, 1.165) is 18.2 Å². The molecule has 0 aromatic heterocycles. The van der Waals surface area contributed by atoms with E-state index >= 15 is 0 Å². The highest BCUT2D eigenvalue weighted by Gasteiger charge is 2.16. The molecule has 108 valence electrons. The molecule has 2 aromatic carbocycles. The second-order valence-corrected chi connectivity index (χ2v) is 4.41. The van der Waals surface area contributed by atoms with Gasteiger partial charge in [-0.05, 0) is 24.3 Å². The number of carbonyl (C=O) groups excluding carboxylic acids is 1. The Morgan fingerprint density at radius 3 is 2.48 bits per heavy atom. The number of nitrogens with zero attached hydrogens (tertiary/aromatic N) is 1. The van der Waals surface area contributed by atoms with Gasteiger partial charge in [0.05, 0.1) is 4.92 Å². The highest BCUT2D eigenvalue weighted by Crippen LogP contribution is 2.25. The molecule has 0 fully saturated rings. The number of nitro benzene ring substituents is 1. The van der Waals surface area contributed by atoms with Gasteiger partial charge in [-0.2, -0.15) is 0 Å². The van der Waals surface area contributed by atoms with Gasteiger partial charge in [-0.25, -0.2) is 8.78 Å². The molecule has 1 amide bonds. The number of hydrogen-bond donors (Lipinski definition) is 1. The van der Waals surface area contributed by atoms with Crippen LogP contribution < -0.4 is 5.32 Å². The first kappa shape index (κ1) is 14.9. The number of halogens is 3. The fraction of sp³-hybridized carbons (Fsp3) is 0. The van der Waals surface area contributed by atoms with Gasteiger partial charge >= 0.3 is 0 Å². The third-order valence-electron chi connectivity index (χ3n) is 2.58. The highest BCUT2D eigenvalue weighted by atomic mass is 35.5. The molecule has 0 spiro atoms. The fourth-order valence-electron chi connectivity index (χ4n) is 1.57. The monoisotopic (exact) mass is 312 g/mol. The van der Waals surface area contributed by atoms with Gasteiger partial charge in [0.15, 0.2) is 11.6 Å². The summed E-state index contributed by atoms with van der Waals surface area (Å²) in [6, 6.07) is 6.31. The van der Waals surface area contributed by atoms with Crippen molar-refractivity contribution in [3.05, 3.63) is 68.7 Å². The molecule has 0 aliphatic rings. The minimum absolute atomic E-state index is 0.0245. The first-order valence-corrected chi connectivity index (χ1v) is 5.96. The van der Waals surface area contributed by atoms with E-state index in [4.69, 9.17) is 11.6 Å². The van der Waals surface area contributed by atoms with Crippen molar-refractivity contribution in [3.63, 3.8) is 0 Å². The molecule has 0 heterocycles. The molecule has 0 saturated carbocycles. The van der Waals surface area contributed by atoms with Crippen LogP contribution in [0.5, 0.6) is 0 Å². The molecule has 0 radical (unpaired) electrons. The molecule has 2 aromatic rings. The van der Waals surface area contributed by atoms with Gasteiger partial charge in [-0.3, -0.25) is 14.9 Å². The summed E-state index contributed by atoms with van der Waals surface area (Å²) in [5, 5.41) is 12.9. The van der Waals surface area contributed by atoms with Crippen LogP contribution in [0.1, 0.15) is 10.4 Å². The molecule has 0 bridgehead atoms. The van der Waals surface area contributed by atoms with Crippen LogP contribution >= 0.6 is 11.6 Å². The Hall–Kier alpha value is -2.54. The summed E-state index contributed by atoms with van der Waals surface area (Å²) >= 11 is 5.63. The predicted octanol–water partition coefficient (Wildman–Crippen LogP) is 3.78. The van der Waals surface area contributed by atoms with E-state index in [9.17, 15) is 23.7 Å². The van der Waals surface area contributed by atoms with Crippen molar-refractivity contribution in [1.29, 1.82) is 0 Å². The largest absolute Gasteiger partial charge is 0.322 e. The minimum Gasteiger partial charge on any atom is -0.322 e. The third kappa shape index (κ3) is 3.32. The summed E-state index contributed by atoms with van der Waals surface area (Å²) in [5.74, 6) is -2.87. The van der Waals surface area contributed by atoms with Crippen molar-refractivity contribution in [2.24, 2.45) is 0 Å². The molecule has 21 heavy (non-hydrogen) atoms. The highest BCUT2D eigenvalue weighted by molar-refractivity contribution is 6.32. The maximum atomic E-state index is 13.0. The van der Waals surface area contributed by atoms with Crippen LogP contribution in [0.15, 0.2) is 36.4 Å². The first-order chi connectivity index (χ1) is 9.88. The van der Waals surface area contributed by atoms with Crippen LogP contribution in [0.4, 0.5) is 20.2 Å². The Labute approximate surface area is 122 Å². The van der Waals surface area contributed by atoms with Gasteiger partial charge in [0.25, 0.3) is 11.6 Å². The van der Waals surface area contributed by atoms with Gasteiger partial charge in [-0.1, -0.05) is 11.6 Å². The fourth-order valence-corrected chi connectivity index (χ4v) is 1.76. The van der Waals surface area contributed by atoms with E-state index in [1.807, 2.05) is 0 Å². The zero-order chi connectivity index (χ0) is 15.6. The molecule has 2 rings (SSSR count). The third-order valence-corrected chi connectivity index (χ3v) is 2.90. The topological polar surface area (TPSA) is 72.2 Å². The van der Waals surface area contributed by atoms with Gasteiger partial charge in [0, 0.05) is 23.4 Å². The number of nitro groups is 1. The Kier molecular flexibility index (Phi) is 4.13. The average molecular weight is 313 g/mol. The standard InChI is InChI=1S/C13H7ClF2N2O3/c14-9-3-1-7(5-12(9)18(20)21)13(19)17-8-2-4-10(15)11(16)6-8/h1-6H,(H,17,19). The lowest BCUT2D eigenvalue weighted by molar-refractivity contribution is -0.384. The Bertz CT molecular complexity index is 737. The molecule has 0 aliphatic heterocycles. The number of rotatable bonds is 3. The lowest BCUT2D eigenvalue weighted by Gasteiger charge is -2.06. The lowest BCUT2D eigenvalue weighted by Crippen LogP contribution is -2.12. The van der Waals surface area contributed by atoms with Crippen molar-refractivity contribution in [1.82, 2.24) is 0 Å². The normalized spacial score (nSPS) is 10.2. The quantitative estimate of drug-likeness (QED) is 0.692. The van der Waals surface area contributed by atoms with Crippen LogP contribution in [-0.4, -0.2) is 10.8 Å². The maximum absolute atomic E-state index is 13.0. The summed E-state index contributed by atoms with van der Waals surface area (Å²) in [6.07, 6.45) is 0. The van der Waals surface area contributed by atoms with Gasteiger partial charge in [0.1, 0.15) is 5.02 Å². The SMILES string of the molecule is O=C(Nc1ccc(F)c(F)c1)c1ccc(Cl)c([N+](=O)[O-])c1. The van der Waals surface area contributed by atoms with E-state index in [1.165, 1.54) is 18.2 Å². The number of amides is 1. The Balaban J connectivity index is 2.26. The second-order valence-electron chi connectivity index (χ2n) is 4.01. The Morgan fingerprint density at radius 2 is 1.86 bits per heavy atom.